The van der Waals surface area contributed by atoms with E-state index in [2.05, 4.69) is 15.3 Å². The van der Waals surface area contributed by atoms with Gasteiger partial charge in [0.2, 0.25) is 0 Å². The van der Waals surface area contributed by atoms with E-state index in [9.17, 15) is 9.90 Å². The molecule has 0 saturated carbocycles. The fourth-order valence-electron chi connectivity index (χ4n) is 1.36. The Bertz CT molecular complexity index is 443. The lowest BCUT2D eigenvalue weighted by atomic mass is 10.1. The second-order valence-corrected chi connectivity index (χ2v) is 3.27. The molecule has 17 heavy (non-hydrogen) atoms. The molecule has 0 aliphatic rings. The van der Waals surface area contributed by atoms with Crippen LogP contribution in [-0.4, -0.2) is 29.3 Å². The maximum absolute atomic E-state index is 11.0. The zero-order valence-electron chi connectivity index (χ0n) is 8.95. The maximum Gasteiger partial charge on any atom is 0.325 e. The summed E-state index contributed by atoms with van der Waals surface area (Å²) in [6.07, 6.45) is 0. The Morgan fingerprint density at radius 3 is 2.94 bits per heavy atom. The van der Waals surface area contributed by atoms with E-state index in [1.807, 2.05) is 0 Å². The van der Waals surface area contributed by atoms with Gasteiger partial charge in [0.05, 0.1) is 0 Å². The average molecular weight is 236 g/mol. The number of aliphatic carboxylic acids is 1. The molecule has 0 heterocycles. The molecular formula is C10H12N4O3. The van der Waals surface area contributed by atoms with Gasteiger partial charge in [-0.15, -0.1) is 0 Å². The topological polar surface area (TPSA) is 118 Å². The van der Waals surface area contributed by atoms with Gasteiger partial charge in [0, 0.05) is 18.0 Å². The van der Waals surface area contributed by atoms with Gasteiger partial charge in [-0.25, -0.2) is 0 Å². The highest BCUT2D eigenvalue weighted by Gasteiger charge is 2.18. The van der Waals surface area contributed by atoms with Crippen molar-refractivity contribution in [3.05, 3.63) is 40.3 Å². The summed E-state index contributed by atoms with van der Waals surface area (Å²) in [7, 11) is 0. The van der Waals surface area contributed by atoms with Crippen molar-refractivity contribution in [2.75, 3.05) is 13.1 Å². The minimum Gasteiger partial charge on any atom is -0.508 e. The monoisotopic (exact) mass is 236 g/mol. The van der Waals surface area contributed by atoms with Crippen LogP contribution in [0.3, 0.4) is 0 Å². The molecule has 1 aromatic carbocycles. The van der Waals surface area contributed by atoms with Crippen LogP contribution in [0, 0.1) is 0 Å². The van der Waals surface area contributed by atoms with Crippen molar-refractivity contribution in [1.29, 1.82) is 0 Å². The number of phenols is 1. The number of carboxylic acid groups (broad SMARTS) is 1. The van der Waals surface area contributed by atoms with Gasteiger partial charge < -0.3 is 15.5 Å². The normalized spacial score (nSPS) is 11.5. The van der Waals surface area contributed by atoms with E-state index in [1.165, 1.54) is 12.1 Å². The van der Waals surface area contributed by atoms with Gasteiger partial charge in [0.25, 0.3) is 0 Å². The van der Waals surface area contributed by atoms with Crippen LogP contribution in [0.2, 0.25) is 0 Å². The van der Waals surface area contributed by atoms with E-state index in [0.29, 0.717) is 5.56 Å². The summed E-state index contributed by atoms with van der Waals surface area (Å²) < 4.78 is 0. The number of aromatic hydroxyl groups is 1. The average Bonchev–Trinajstić information content (AvgIpc) is 2.28. The van der Waals surface area contributed by atoms with Gasteiger partial charge in [-0.3, -0.25) is 4.79 Å². The maximum atomic E-state index is 11.0. The van der Waals surface area contributed by atoms with E-state index < -0.39 is 12.0 Å². The molecule has 0 amide bonds. The molecule has 0 aromatic heterocycles. The molecule has 0 aliphatic carbocycles. The van der Waals surface area contributed by atoms with Crippen LogP contribution in [0.15, 0.2) is 29.4 Å². The molecule has 1 unspecified atom stereocenters. The molecule has 1 aromatic rings. The third kappa shape index (κ3) is 4.02. The number of benzene rings is 1. The molecule has 0 fully saturated rings. The van der Waals surface area contributed by atoms with Gasteiger partial charge >= 0.3 is 5.97 Å². The molecule has 0 saturated heterocycles. The van der Waals surface area contributed by atoms with Crippen molar-refractivity contribution in [3.63, 3.8) is 0 Å². The summed E-state index contributed by atoms with van der Waals surface area (Å²) in [4.78, 5) is 13.6. The molecule has 1 atom stereocenters. The van der Waals surface area contributed by atoms with Crippen molar-refractivity contribution in [2.24, 2.45) is 5.11 Å². The zero-order valence-corrected chi connectivity index (χ0v) is 8.95. The minimum atomic E-state index is -1.06. The van der Waals surface area contributed by atoms with Crippen molar-refractivity contribution < 1.29 is 15.0 Å². The van der Waals surface area contributed by atoms with Gasteiger partial charge in [-0.2, -0.15) is 0 Å². The van der Waals surface area contributed by atoms with E-state index in [4.69, 9.17) is 10.6 Å². The minimum absolute atomic E-state index is 0.00518. The van der Waals surface area contributed by atoms with Gasteiger partial charge in [0.1, 0.15) is 11.8 Å². The van der Waals surface area contributed by atoms with Crippen molar-refractivity contribution >= 4 is 5.97 Å². The molecule has 0 aliphatic heterocycles. The Balaban J connectivity index is 2.72. The summed E-state index contributed by atoms with van der Waals surface area (Å²) in [5.41, 5.74) is 8.52. The van der Waals surface area contributed by atoms with E-state index in [1.54, 1.807) is 12.1 Å². The second-order valence-electron chi connectivity index (χ2n) is 3.27. The SMILES string of the molecule is [N-]=[N+]=NCCNC(C(=O)O)c1cccc(O)c1. The molecule has 90 valence electrons. The van der Waals surface area contributed by atoms with Crippen molar-refractivity contribution in [3.8, 4) is 5.75 Å². The summed E-state index contributed by atoms with van der Waals surface area (Å²) in [6, 6.07) is 5.06. The van der Waals surface area contributed by atoms with E-state index in [-0.39, 0.29) is 18.8 Å². The van der Waals surface area contributed by atoms with Crippen LogP contribution in [0.4, 0.5) is 0 Å². The van der Waals surface area contributed by atoms with Crippen LogP contribution in [-0.2, 0) is 4.79 Å². The number of hydrogen-bond donors (Lipinski definition) is 3. The molecule has 0 bridgehead atoms. The summed E-state index contributed by atoms with van der Waals surface area (Å²) in [5, 5.41) is 24.3. The number of hydrogen-bond acceptors (Lipinski definition) is 4. The molecule has 3 N–H and O–H groups in total. The zero-order chi connectivity index (χ0) is 12.7. The fourth-order valence-corrected chi connectivity index (χ4v) is 1.36. The summed E-state index contributed by atoms with van der Waals surface area (Å²) in [5.74, 6) is -1.05. The number of azide groups is 1. The fraction of sp³-hybridized carbons (Fsp3) is 0.300. The highest BCUT2D eigenvalue weighted by Crippen LogP contribution is 2.18. The smallest absolute Gasteiger partial charge is 0.325 e. The van der Waals surface area contributed by atoms with Gasteiger partial charge in [-0.1, -0.05) is 17.2 Å². The van der Waals surface area contributed by atoms with Gasteiger partial charge in [0.15, 0.2) is 0 Å². The highest BCUT2D eigenvalue weighted by atomic mass is 16.4. The van der Waals surface area contributed by atoms with Crippen LogP contribution in [0.25, 0.3) is 10.4 Å². The van der Waals surface area contributed by atoms with Crippen LogP contribution >= 0.6 is 0 Å². The van der Waals surface area contributed by atoms with Crippen LogP contribution < -0.4 is 5.32 Å². The Morgan fingerprint density at radius 2 is 2.35 bits per heavy atom. The van der Waals surface area contributed by atoms with Crippen molar-refractivity contribution in [2.45, 2.75) is 6.04 Å². The first-order chi connectivity index (χ1) is 8.15. The molecular weight excluding hydrogens is 224 g/mol. The van der Waals surface area contributed by atoms with Gasteiger partial charge in [-0.05, 0) is 23.2 Å². The number of carboxylic acids is 1. The lowest BCUT2D eigenvalue weighted by molar-refractivity contribution is -0.139. The number of phenolic OH excluding ortho intramolecular Hbond substituents is 1. The molecule has 0 spiro atoms. The molecule has 7 nitrogen and oxygen atoms in total. The summed E-state index contributed by atoms with van der Waals surface area (Å²) >= 11 is 0. The van der Waals surface area contributed by atoms with E-state index in [0.717, 1.165) is 0 Å². The lowest BCUT2D eigenvalue weighted by Crippen LogP contribution is -2.30. The van der Waals surface area contributed by atoms with Crippen LogP contribution in [0.5, 0.6) is 5.75 Å². The molecule has 0 radical (unpaired) electrons. The number of nitrogens with zero attached hydrogens (tertiary/aromatic N) is 3. The largest absolute Gasteiger partial charge is 0.508 e. The molecule has 7 heteroatoms. The number of nitrogens with one attached hydrogen (secondary N) is 1. The predicted molar refractivity (Wildman–Crippen MR) is 60.5 cm³/mol. The third-order valence-corrected chi connectivity index (χ3v) is 2.07. The summed E-state index contributed by atoms with van der Waals surface area (Å²) in [6.45, 7) is 0.412. The second kappa shape index (κ2) is 6.37. The Kier molecular flexibility index (Phi) is 4.80. The Labute approximate surface area is 97.3 Å². The quantitative estimate of drug-likeness (QED) is 0.299. The standard InChI is InChI=1S/C10H12N4O3/c11-14-13-5-4-12-9(10(16)17)7-2-1-3-8(15)6-7/h1-3,6,9,12,15H,4-5H2,(H,16,17). The number of rotatable bonds is 6. The first kappa shape index (κ1) is 12.8. The predicted octanol–water partition coefficient (Wildman–Crippen LogP) is 1.42. The number of carbonyl (C=O) groups is 1. The lowest BCUT2D eigenvalue weighted by Gasteiger charge is -2.14. The third-order valence-electron chi connectivity index (χ3n) is 2.07. The highest BCUT2D eigenvalue weighted by molar-refractivity contribution is 5.75. The van der Waals surface area contributed by atoms with Crippen LogP contribution in [0.1, 0.15) is 11.6 Å². The first-order valence-corrected chi connectivity index (χ1v) is 4.91. The van der Waals surface area contributed by atoms with E-state index >= 15 is 0 Å². The van der Waals surface area contributed by atoms with Crippen molar-refractivity contribution in [1.82, 2.24) is 5.32 Å². The molecule has 1 rings (SSSR count). The Hall–Kier alpha value is -2.24. The Morgan fingerprint density at radius 1 is 1.59 bits per heavy atom. The first-order valence-electron chi connectivity index (χ1n) is 4.91.